The smallest absolute Gasteiger partial charge is 0.406 e. The van der Waals surface area contributed by atoms with Crippen LogP contribution in [0, 0.1) is 6.92 Å². The second-order valence-corrected chi connectivity index (χ2v) is 9.14. The van der Waals surface area contributed by atoms with Crippen molar-refractivity contribution in [2.45, 2.75) is 39.1 Å². The molecule has 5 rings (SSSR count). The first-order valence-corrected chi connectivity index (χ1v) is 12.4. The molecule has 1 aromatic carbocycles. The van der Waals surface area contributed by atoms with E-state index in [-0.39, 0.29) is 23.4 Å². The molecule has 10 nitrogen and oxygen atoms in total. The summed E-state index contributed by atoms with van der Waals surface area (Å²) in [7, 11) is 0. The molecule has 1 amide bonds. The minimum absolute atomic E-state index is 0.191. The van der Waals surface area contributed by atoms with Gasteiger partial charge in [0.2, 0.25) is 11.7 Å². The number of nitrogens with one attached hydrogen (secondary N) is 1. The number of aromatic nitrogens is 5. The third-order valence-electron chi connectivity index (χ3n) is 6.21. The van der Waals surface area contributed by atoms with Crippen LogP contribution in [0.1, 0.15) is 30.5 Å². The minimum Gasteiger partial charge on any atom is -0.406 e. The maximum absolute atomic E-state index is 12.4. The summed E-state index contributed by atoms with van der Waals surface area (Å²) >= 11 is 0. The third-order valence-corrected chi connectivity index (χ3v) is 6.21. The van der Waals surface area contributed by atoms with E-state index in [1.165, 1.54) is 24.3 Å². The number of hydrogen-bond donors (Lipinski definition) is 1. The molecule has 0 radical (unpaired) electrons. The van der Waals surface area contributed by atoms with Crippen molar-refractivity contribution in [3.63, 3.8) is 0 Å². The Bertz CT molecular complexity index is 1420. The monoisotopic (exact) mass is 541 g/mol. The van der Waals surface area contributed by atoms with Gasteiger partial charge >= 0.3 is 6.36 Å². The summed E-state index contributed by atoms with van der Waals surface area (Å²) < 4.78 is 48.1. The van der Waals surface area contributed by atoms with E-state index in [0.717, 1.165) is 49.6 Å². The van der Waals surface area contributed by atoms with E-state index < -0.39 is 6.36 Å². The second-order valence-electron chi connectivity index (χ2n) is 9.14. The Morgan fingerprint density at radius 1 is 1.15 bits per heavy atom. The molecule has 1 aliphatic heterocycles. The molecule has 204 valence electrons. The number of benzene rings is 1. The molecule has 39 heavy (non-hydrogen) atoms. The molecule has 3 aromatic heterocycles. The number of rotatable bonds is 10. The lowest BCUT2D eigenvalue weighted by molar-refractivity contribution is -0.274. The number of nitrogens with zero attached hydrogens (tertiary/aromatic N) is 6. The van der Waals surface area contributed by atoms with Crippen LogP contribution in [0.5, 0.6) is 5.75 Å². The molecule has 13 heteroatoms. The lowest BCUT2D eigenvalue weighted by atomic mass is 10.2. The molecule has 0 aliphatic carbocycles. The predicted molar refractivity (Wildman–Crippen MR) is 135 cm³/mol. The number of amides is 1. The summed E-state index contributed by atoms with van der Waals surface area (Å²) in [5.74, 6) is 1.08. The average Bonchev–Trinajstić information content (AvgIpc) is 3.63. The number of likely N-dealkylation sites (tertiary alicyclic amines) is 1. The van der Waals surface area contributed by atoms with Crippen molar-refractivity contribution in [1.82, 2.24) is 29.8 Å². The van der Waals surface area contributed by atoms with Gasteiger partial charge in [0.15, 0.2) is 5.69 Å². The lowest BCUT2D eigenvalue weighted by Gasteiger charge is -2.15. The third kappa shape index (κ3) is 6.72. The standard InChI is InChI=1S/C26H26F3N7O3/c1-17-14-21(25-32-24(34-39-25)19-6-8-20(9-7-19)38-26(27,28)29)33-36(17)16-18-5-10-22(31-15-18)30-11-3-13-35-12-2-4-23(35)37/h5-10,14-15H,2-4,11-13,16H2,1H3,(H,30,31). The molecule has 1 aliphatic rings. The fourth-order valence-electron chi connectivity index (χ4n) is 4.25. The molecule has 0 spiro atoms. The number of alkyl halides is 3. The molecule has 1 N–H and O–H groups in total. The molecule has 0 atom stereocenters. The van der Waals surface area contributed by atoms with Gasteiger partial charge in [-0.2, -0.15) is 10.1 Å². The van der Waals surface area contributed by atoms with Crippen LogP contribution in [-0.2, 0) is 11.3 Å². The average molecular weight is 542 g/mol. The quantitative estimate of drug-likeness (QED) is 0.288. The normalized spacial score (nSPS) is 13.7. The fraction of sp³-hybridized carbons (Fsp3) is 0.346. The van der Waals surface area contributed by atoms with E-state index in [9.17, 15) is 18.0 Å². The van der Waals surface area contributed by atoms with Gasteiger partial charge in [-0.3, -0.25) is 9.48 Å². The number of hydrogen-bond acceptors (Lipinski definition) is 8. The zero-order valence-electron chi connectivity index (χ0n) is 21.1. The first-order chi connectivity index (χ1) is 18.7. The number of carbonyl (C=O) groups is 1. The van der Waals surface area contributed by atoms with Gasteiger partial charge in [-0.15, -0.1) is 13.2 Å². The fourth-order valence-corrected chi connectivity index (χ4v) is 4.25. The molecule has 1 saturated heterocycles. The van der Waals surface area contributed by atoms with Crippen molar-refractivity contribution in [3.05, 3.63) is 59.9 Å². The van der Waals surface area contributed by atoms with Crippen molar-refractivity contribution in [2.75, 3.05) is 25.0 Å². The summed E-state index contributed by atoms with van der Waals surface area (Å²) in [6.45, 7) is 4.73. The topological polar surface area (TPSA) is 111 Å². The molecular weight excluding hydrogens is 515 g/mol. The highest BCUT2D eigenvalue weighted by molar-refractivity contribution is 5.78. The van der Waals surface area contributed by atoms with E-state index in [0.29, 0.717) is 24.2 Å². The van der Waals surface area contributed by atoms with Crippen LogP contribution in [0.3, 0.4) is 0 Å². The van der Waals surface area contributed by atoms with Gasteiger partial charge in [-0.25, -0.2) is 4.98 Å². The van der Waals surface area contributed by atoms with Gasteiger partial charge in [-0.05, 0) is 61.7 Å². The van der Waals surface area contributed by atoms with E-state index in [2.05, 4.69) is 30.3 Å². The highest BCUT2D eigenvalue weighted by Crippen LogP contribution is 2.27. The molecule has 0 unspecified atom stereocenters. The Morgan fingerprint density at radius 3 is 2.67 bits per heavy atom. The molecule has 4 heterocycles. The molecule has 4 aromatic rings. The SMILES string of the molecule is Cc1cc(-c2nc(-c3ccc(OC(F)(F)F)cc3)no2)nn1Cc1ccc(NCCCN2CCCC2=O)nc1. The van der Waals surface area contributed by atoms with E-state index in [4.69, 9.17) is 4.52 Å². The minimum atomic E-state index is -4.76. The number of anilines is 1. The van der Waals surface area contributed by atoms with Gasteiger partial charge in [0, 0.05) is 43.5 Å². The number of halogens is 3. The second kappa shape index (κ2) is 11.1. The molecule has 0 saturated carbocycles. The summed E-state index contributed by atoms with van der Waals surface area (Å²) in [5, 5.41) is 11.8. The van der Waals surface area contributed by atoms with Crippen LogP contribution in [-0.4, -0.2) is 61.7 Å². The van der Waals surface area contributed by atoms with Crippen LogP contribution in [0.4, 0.5) is 19.0 Å². The number of pyridine rings is 1. The number of carbonyl (C=O) groups excluding carboxylic acids is 1. The summed E-state index contributed by atoms with van der Waals surface area (Å²) in [6, 6.07) is 10.9. The van der Waals surface area contributed by atoms with Gasteiger partial charge in [0.05, 0.1) is 6.54 Å². The van der Waals surface area contributed by atoms with Gasteiger partial charge in [0.1, 0.15) is 11.6 Å². The first-order valence-electron chi connectivity index (χ1n) is 12.4. The highest BCUT2D eigenvalue weighted by Gasteiger charge is 2.31. The summed E-state index contributed by atoms with van der Waals surface area (Å²) in [4.78, 5) is 22.4. The van der Waals surface area contributed by atoms with Gasteiger partial charge < -0.3 is 19.5 Å². The maximum atomic E-state index is 12.4. The van der Waals surface area contributed by atoms with E-state index in [1.807, 2.05) is 30.0 Å². The Labute approximate surface area is 221 Å². The Hall–Kier alpha value is -4.42. The van der Waals surface area contributed by atoms with E-state index >= 15 is 0 Å². The molecule has 0 bridgehead atoms. The van der Waals surface area contributed by atoms with Crippen molar-refractivity contribution < 1.29 is 27.2 Å². The maximum Gasteiger partial charge on any atom is 0.573 e. The lowest BCUT2D eigenvalue weighted by Crippen LogP contribution is -2.27. The van der Waals surface area contributed by atoms with Crippen LogP contribution >= 0.6 is 0 Å². The van der Waals surface area contributed by atoms with Crippen molar-refractivity contribution in [3.8, 4) is 28.7 Å². The van der Waals surface area contributed by atoms with Gasteiger partial charge in [0.25, 0.3) is 5.89 Å². The van der Waals surface area contributed by atoms with E-state index in [1.54, 1.807) is 10.9 Å². The van der Waals surface area contributed by atoms with Crippen LogP contribution in [0.25, 0.3) is 23.0 Å². The Morgan fingerprint density at radius 2 is 1.97 bits per heavy atom. The van der Waals surface area contributed by atoms with Crippen LogP contribution in [0.2, 0.25) is 0 Å². The molecular formula is C26H26F3N7O3. The van der Waals surface area contributed by atoms with Crippen LogP contribution in [0.15, 0.2) is 53.2 Å². The van der Waals surface area contributed by atoms with Crippen LogP contribution < -0.4 is 10.1 Å². The zero-order chi connectivity index (χ0) is 27.4. The summed E-state index contributed by atoms with van der Waals surface area (Å²) in [5.41, 5.74) is 2.77. The summed E-state index contributed by atoms with van der Waals surface area (Å²) in [6.07, 6.45) is -0.512. The largest absolute Gasteiger partial charge is 0.573 e. The van der Waals surface area contributed by atoms with Crippen molar-refractivity contribution in [1.29, 1.82) is 0 Å². The Kier molecular flexibility index (Phi) is 7.48. The number of aryl methyl sites for hydroxylation is 1. The number of ether oxygens (including phenoxy) is 1. The first kappa shape index (κ1) is 26.2. The van der Waals surface area contributed by atoms with Gasteiger partial charge in [-0.1, -0.05) is 11.2 Å². The predicted octanol–water partition coefficient (Wildman–Crippen LogP) is 4.67. The Balaban J connectivity index is 1.16. The highest BCUT2D eigenvalue weighted by atomic mass is 19.4. The van der Waals surface area contributed by atoms with Crippen molar-refractivity contribution in [2.24, 2.45) is 0 Å². The molecule has 1 fully saturated rings. The zero-order valence-corrected chi connectivity index (χ0v) is 21.1. The van der Waals surface area contributed by atoms with Crippen molar-refractivity contribution >= 4 is 11.7 Å².